The molecule has 0 aromatic carbocycles. The van der Waals surface area contributed by atoms with E-state index < -0.39 is 6.29 Å². The van der Waals surface area contributed by atoms with Crippen molar-refractivity contribution in [3.05, 3.63) is 18.0 Å². The van der Waals surface area contributed by atoms with Crippen LogP contribution < -0.4 is 11.3 Å². The zero-order valence-corrected chi connectivity index (χ0v) is 9.30. The number of hydrogen-bond donors (Lipinski definition) is 2. The second-order valence-corrected chi connectivity index (χ2v) is 3.11. The average Bonchev–Trinajstić information content (AvgIpc) is 2.73. The number of rotatable bonds is 6. The highest BCUT2D eigenvalue weighted by atomic mass is 16.7. The molecular formula is C9H18N4O2. The molecule has 0 spiro atoms. The first-order valence-electron chi connectivity index (χ1n) is 4.80. The van der Waals surface area contributed by atoms with Gasteiger partial charge in [0.2, 0.25) is 0 Å². The smallest absolute Gasteiger partial charge is 0.177 e. The molecule has 86 valence electrons. The van der Waals surface area contributed by atoms with Crippen LogP contribution in [0.1, 0.15) is 18.5 Å². The molecule has 0 aliphatic rings. The van der Waals surface area contributed by atoms with E-state index in [0.29, 0.717) is 0 Å². The molecule has 0 aliphatic heterocycles. The lowest BCUT2D eigenvalue weighted by atomic mass is 10.1. The summed E-state index contributed by atoms with van der Waals surface area (Å²) in [6.45, 7) is 2.84. The molecule has 6 heteroatoms. The summed E-state index contributed by atoms with van der Waals surface area (Å²) in [4.78, 5) is 0. The molecule has 1 atom stereocenters. The molecule has 0 amide bonds. The Labute approximate surface area is 89.3 Å². The number of aryl methyl sites for hydroxylation is 1. The highest BCUT2D eigenvalue weighted by molar-refractivity contribution is 5.11. The summed E-state index contributed by atoms with van der Waals surface area (Å²) in [6, 6.07) is -0.222. The Morgan fingerprint density at radius 1 is 1.53 bits per heavy atom. The van der Waals surface area contributed by atoms with Crippen molar-refractivity contribution in [2.45, 2.75) is 25.8 Å². The van der Waals surface area contributed by atoms with Gasteiger partial charge in [-0.05, 0) is 6.92 Å². The van der Waals surface area contributed by atoms with Crippen molar-refractivity contribution in [1.29, 1.82) is 0 Å². The van der Waals surface area contributed by atoms with Gasteiger partial charge in [-0.2, -0.15) is 5.10 Å². The van der Waals surface area contributed by atoms with Crippen molar-refractivity contribution in [2.24, 2.45) is 5.84 Å². The van der Waals surface area contributed by atoms with Crippen molar-refractivity contribution >= 4 is 0 Å². The van der Waals surface area contributed by atoms with Crippen molar-refractivity contribution in [2.75, 3.05) is 14.2 Å². The van der Waals surface area contributed by atoms with E-state index in [0.717, 1.165) is 12.1 Å². The first kappa shape index (κ1) is 12.1. The molecule has 1 aromatic heterocycles. The van der Waals surface area contributed by atoms with E-state index in [1.54, 1.807) is 20.4 Å². The number of hydrazine groups is 1. The van der Waals surface area contributed by atoms with E-state index in [4.69, 9.17) is 15.3 Å². The average molecular weight is 214 g/mol. The van der Waals surface area contributed by atoms with E-state index in [2.05, 4.69) is 10.5 Å². The summed E-state index contributed by atoms with van der Waals surface area (Å²) in [5.41, 5.74) is 3.59. The van der Waals surface area contributed by atoms with Gasteiger partial charge in [0.1, 0.15) is 0 Å². The topological polar surface area (TPSA) is 74.3 Å². The van der Waals surface area contributed by atoms with Gasteiger partial charge in [0.15, 0.2) is 6.29 Å². The molecule has 3 N–H and O–H groups in total. The third-order valence-corrected chi connectivity index (χ3v) is 2.25. The molecule has 1 heterocycles. The molecule has 0 saturated carbocycles. The zero-order chi connectivity index (χ0) is 11.3. The van der Waals surface area contributed by atoms with E-state index in [-0.39, 0.29) is 6.04 Å². The molecular weight excluding hydrogens is 196 g/mol. The first-order chi connectivity index (χ1) is 7.26. The Bertz CT molecular complexity index is 285. The van der Waals surface area contributed by atoms with Crippen LogP contribution in [0, 0.1) is 0 Å². The highest BCUT2D eigenvalue weighted by Crippen LogP contribution is 2.17. The Hall–Kier alpha value is -0.950. The predicted molar refractivity (Wildman–Crippen MR) is 55.8 cm³/mol. The number of nitrogens with one attached hydrogen (secondary N) is 1. The maximum Gasteiger partial charge on any atom is 0.177 e. The van der Waals surface area contributed by atoms with Crippen LogP contribution in [0.5, 0.6) is 0 Å². The number of nitrogens with two attached hydrogens (primary N) is 1. The number of hydrogen-bond acceptors (Lipinski definition) is 5. The van der Waals surface area contributed by atoms with Crippen LogP contribution in [0.2, 0.25) is 0 Å². The Balaban J connectivity index is 2.81. The minimum atomic E-state index is -0.426. The second kappa shape index (κ2) is 5.82. The first-order valence-corrected chi connectivity index (χ1v) is 4.80. The van der Waals surface area contributed by atoms with Crippen molar-refractivity contribution in [3.8, 4) is 0 Å². The molecule has 0 aliphatic carbocycles. The van der Waals surface area contributed by atoms with E-state index >= 15 is 0 Å². The number of ether oxygens (including phenoxy) is 2. The summed E-state index contributed by atoms with van der Waals surface area (Å²) in [6.07, 6.45) is 3.23. The van der Waals surface area contributed by atoms with Gasteiger partial charge in [0.25, 0.3) is 0 Å². The molecule has 1 unspecified atom stereocenters. The van der Waals surface area contributed by atoms with Crippen molar-refractivity contribution in [3.63, 3.8) is 0 Å². The highest BCUT2D eigenvalue weighted by Gasteiger charge is 2.22. The molecule has 15 heavy (non-hydrogen) atoms. The molecule has 0 bridgehead atoms. The summed E-state index contributed by atoms with van der Waals surface area (Å²) < 4.78 is 12.1. The third-order valence-electron chi connectivity index (χ3n) is 2.25. The minimum Gasteiger partial charge on any atom is -0.354 e. The monoisotopic (exact) mass is 214 g/mol. The lowest BCUT2D eigenvalue weighted by molar-refractivity contribution is -0.124. The molecule has 6 nitrogen and oxygen atoms in total. The number of methoxy groups -OCH3 is 2. The van der Waals surface area contributed by atoms with E-state index in [1.165, 1.54) is 0 Å². The fraction of sp³-hybridized carbons (Fsp3) is 0.667. The van der Waals surface area contributed by atoms with Gasteiger partial charge >= 0.3 is 0 Å². The van der Waals surface area contributed by atoms with Gasteiger partial charge in [-0.3, -0.25) is 10.5 Å². The minimum absolute atomic E-state index is 0.222. The van der Waals surface area contributed by atoms with Crippen LogP contribution in [-0.2, 0) is 16.0 Å². The second-order valence-electron chi connectivity index (χ2n) is 3.11. The molecule has 1 rings (SSSR count). The number of nitrogens with zero attached hydrogens (tertiary/aromatic N) is 2. The van der Waals surface area contributed by atoms with Crippen LogP contribution in [0.25, 0.3) is 0 Å². The van der Waals surface area contributed by atoms with Crippen LogP contribution in [-0.4, -0.2) is 30.3 Å². The zero-order valence-electron chi connectivity index (χ0n) is 9.30. The van der Waals surface area contributed by atoms with Crippen LogP contribution in [0.3, 0.4) is 0 Å². The fourth-order valence-corrected chi connectivity index (χ4v) is 1.41. The van der Waals surface area contributed by atoms with Crippen LogP contribution in [0.15, 0.2) is 12.4 Å². The Morgan fingerprint density at radius 2 is 2.20 bits per heavy atom. The normalized spacial score (nSPS) is 13.4. The standard InChI is InChI=1S/C9H18N4O2/c1-4-13-6-7(5-11-13)8(12-10)9(14-2)15-3/h5-6,8-9,12H,4,10H2,1-3H3. The fourth-order valence-electron chi connectivity index (χ4n) is 1.41. The molecule has 0 fully saturated rings. The Morgan fingerprint density at radius 3 is 2.60 bits per heavy atom. The molecule has 0 saturated heterocycles. The van der Waals surface area contributed by atoms with Crippen molar-refractivity contribution in [1.82, 2.24) is 15.2 Å². The van der Waals surface area contributed by atoms with Crippen molar-refractivity contribution < 1.29 is 9.47 Å². The maximum atomic E-state index is 5.46. The summed E-state index contributed by atoms with van der Waals surface area (Å²) in [5.74, 6) is 5.46. The Kier molecular flexibility index (Phi) is 4.70. The SMILES string of the molecule is CCn1cc(C(NN)C(OC)OC)cn1. The maximum absolute atomic E-state index is 5.46. The molecule has 1 aromatic rings. The van der Waals surface area contributed by atoms with Gasteiger partial charge in [0.05, 0.1) is 12.2 Å². The largest absolute Gasteiger partial charge is 0.354 e. The molecule has 0 radical (unpaired) electrons. The quantitative estimate of drug-likeness (QED) is 0.397. The van der Waals surface area contributed by atoms with E-state index in [9.17, 15) is 0 Å². The van der Waals surface area contributed by atoms with Crippen LogP contribution in [0.4, 0.5) is 0 Å². The van der Waals surface area contributed by atoms with Crippen LogP contribution >= 0.6 is 0 Å². The van der Waals surface area contributed by atoms with Gasteiger partial charge < -0.3 is 9.47 Å². The summed E-state index contributed by atoms with van der Waals surface area (Å²) in [5, 5.41) is 4.16. The summed E-state index contributed by atoms with van der Waals surface area (Å²) in [7, 11) is 3.14. The van der Waals surface area contributed by atoms with Gasteiger partial charge in [-0.15, -0.1) is 0 Å². The third kappa shape index (κ3) is 2.75. The predicted octanol–water partition coefficient (Wildman–Crippen LogP) is 0.0263. The lowest BCUT2D eigenvalue weighted by Gasteiger charge is -2.22. The van der Waals surface area contributed by atoms with Gasteiger partial charge in [0, 0.05) is 32.5 Å². The lowest BCUT2D eigenvalue weighted by Crippen LogP contribution is -2.38. The summed E-state index contributed by atoms with van der Waals surface area (Å²) >= 11 is 0. The van der Waals surface area contributed by atoms with E-state index in [1.807, 2.05) is 17.8 Å². The van der Waals surface area contributed by atoms with Gasteiger partial charge in [-0.1, -0.05) is 0 Å². The number of aromatic nitrogens is 2. The van der Waals surface area contributed by atoms with Gasteiger partial charge in [-0.25, -0.2) is 5.43 Å².